The van der Waals surface area contributed by atoms with Gasteiger partial charge in [0.1, 0.15) is 30.0 Å². The van der Waals surface area contributed by atoms with Crippen molar-refractivity contribution in [1.82, 2.24) is 0 Å². The highest BCUT2D eigenvalue weighted by Gasteiger charge is 2.17. The van der Waals surface area contributed by atoms with E-state index in [2.05, 4.69) is 0 Å². The van der Waals surface area contributed by atoms with E-state index in [1.165, 1.54) is 6.26 Å². The molecular formula is C28H26O7. The van der Waals surface area contributed by atoms with Gasteiger partial charge in [0.2, 0.25) is 11.2 Å². The zero-order chi connectivity index (χ0) is 24.6. The maximum absolute atomic E-state index is 12.9. The molecule has 7 heteroatoms. The number of fused-ring (bicyclic) bond motifs is 1. The van der Waals surface area contributed by atoms with Crippen molar-refractivity contribution in [3.05, 3.63) is 89.3 Å². The summed E-state index contributed by atoms with van der Waals surface area (Å²) in [5, 5.41) is 0.336. The van der Waals surface area contributed by atoms with Crippen LogP contribution in [0.25, 0.3) is 22.1 Å². The first-order valence-electron chi connectivity index (χ1n) is 11.3. The number of ether oxygens (including phenoxy) is 4. The van der Waals surface area contributed by atoms with Crippen molar-refractivity contribution in [2.75, 3.05) is 19.8 Å². The van der Waals surface area contributed by atoms with Crippen LogP contribution < -0.4 is 14.9 Å². The third-order valence-corrected chi connectivity index (χ3v) is 5.22. The van der Waals surface area contributed by atoms with Crippen molar-refractivity contribution >= 4 is 16.9 Å². The second-order valence-electron chi connectivity index (χ2n) is 7.70. The van der Waals surface area contributed by atoms with Gasteiger partial charge in [-0.25, -0.2) is 4.79 Å². The summed E-state index contributed by atoms with van der Waals surface area (Å²) in [6.45, 7) is 4.50. The molecule has 7 nitrogen and oxygen atoms in total. The van der Waals surface area contributed by atoms with Crippen LogP contribution in [0.15, 0.2) is 88.3 Å². The molecule has 0 unspecified atom stereocenters. The van der Waals surface area contributed by atoms with Gasteiger partial charge in [0.15, 0.2) is 6.10 Å². The fourth-order valence-electron chi connectivity index (χ4n) is 3.42. The lowest BCUT2D eigenvalue weighted by Crippen LogP contribution is -2.27. The molecular weight excluding hydrogens is 448 g/mol. The van der Waals surface area contributed by atoms with Crippen LogP contribution in [0.5, 0.6) is 17.2 Å². The van der Waals surface area contributed by atoms with Gasteiger partial charge in [-0.2, -0.15) is 0 Å². The van der Waals surface area contributed by atoms with E-state index < -0.39 is 12.1 Å². The zero-order valence-electron chi connectivity index (χ0n) is 19.6. The molecule has 1 heterocycles. The molecule has 180 valence electrons. The summed E-state index contributed by atoms with van der Waals surface area (Å²) in [6, 6.07) is 22.2. The second-order valence-corrected chi connectivity index (χ2v) is 7.70. The molecule has 0 spiro atoms. The van der Waals surface area contributed by atoms with Gasteiger partial charge in [-0.3, -0.25) is 4.79 Å². The molecule has 4 aromatic rings. The number of hydrogen-bond donors (Lipinski definition) is 0. The van der Waals surface area contributed by atoms with Crippen molar-refractivity contribution in [2.24, 2.45) is 0 Å². The van der Waals surface area contributed by atoms with Crippen LogP contribution in [0.2, 0.25) is 0 Å². The molecule has 3 aromatic carbocycles. The zero-order valence-corrected chi connectivity index (χ0v) is 19.6. The van der Waals surface area contributed by atoms with E-state index in [0.717, 1.165) is 11.1 Å². The average Bonchev–Trinajstić information content (AvgIpc) is 2.89. The maximum atomic E-state index is 12.9. The lowest BCUT2D eigenvalue weighted by atomic mass is 10.1. The molecule has 0 radical (unpaired) electrons. The summed E-state index contributed by atoms with van der Waals surface area (Å²) in [4.78, 5) is 25.0. The maximum Gasteiger partial charge on any atom is 0.347 e. The van der Waals surface area contributed by atoms with E-state index in [9.17, 15) is 9.59 Å². The first-order chi connectivity index (χ1) is 17.0. The molecule has 0 amide bonds. The van der Waals surface area contributed by atoms with Crippen molar-refractivity contribution in [1.29, 1.82) is 0 Å². The predicted molar refractivity (Wildman–Crippen MR) is 132 cm³/mol. The summed E-state index contributed by atoms with van der Waals surface area (Å²) < 4.78 is 27.3. The molecule has 0 bridgehead atoms. The highest BCUT2D eigenvalue weighted by Crippen LogP contribution is 2.27. The molecule has 1 aromatic heterocycles. The minimum absolute atomic E-state index is 0.0740. The van der Waals surface area contributed by atoms with Gasteiger partial charge in [-0.15, -0.1) is 0 Å². The quantitative estimate of drug-likeness (QED) is 0.218. The number of carbonyl (C=O) groups is 1. The number of hydrogen-bond acceptors (Lipinski definition) is 7. The Hall–Kier alpha value is -4.10. The van der Waals surface area contributed by atoms with Crippen molar-refractivity contribution in [3.8, 4) is 28.4 Å². The van der Waals surface area contributed by atoms with Crippen molar-refractivity contribution < 1.29 is 28.2 Å². The van der Waals surface area contributed by atoms with Gasteiger partial charge in [0.25, 0.3) is 0 Å². The standard InChI is InChI=1S/C28H26O7/c1-3-31-15-16-32-28(30)19(2)34-23-13-14-24-25(17-23)33-18-26(27(24)29)35-22-11-9-21(10-12-22)20-7-5-4-6-8-20/h4-14,17-19H,3,15-16H2,1-2H3/t19-/m0/s1. The normalized spacial score (nSPS) is 11.7. The first kappa shape index (κ1) is 24.0. The van der Waals surface area contributed by atoms with E-state index in [0.29, 0.717) is 35.7 Å². The predicted octanol–water partition coefficient (Wildman–Crippen LogP) is 5.60. The molecule has 0 aliphatic heterocycles. The Labute approximate surface area is 202 Å². The number of esters is 1. The third-order valence-electron chi connectivity index (χ3n) is 5.22. The van der Waals surface area contributed by atoms with Gasteiger partial charge in [-0.1, -0.05) is 42.5 Å². The average molecular weight is 475 g/mol. The Morgan fingerprint density at radius 3 is 2.37 bits per heavy atom. The fraction of sp³-hybridized carbons (Fsp3) is 0.214. The minimum Gasteiger partial charge on any atom is -0.479 e. The summed E-state index contributed by atoms with van der Waals surface area (Å²) in [6.07, 6.45) is 0.438. The molecule has 0 saturated carbocycles. The van der Waals surface area contributed by atoms with E-state index in [1.54, 1.807) is 37.3 Å². The van der Waals surface area contributed by atoms with Crippen molar-refractivity contribution in [3.63, 3.8) is 0 Å². The SMILES string of the molecule is CCOCCOC(=O)[C@H](C)Oc1ccc2c(=O)c(Oc3ccc(-c4ccccc4)cc3)coc2c1. The van der Waals surface area contributed by atoms with Gasteiger partial charge in [-0.05, 0) is 49.2 Å². The van der Waals surface area contributed by atoms with Crippen LogP contribution in [0, 0.1) is 0 Å². The summed E-state index contributed by atoms with van der Waals surface area (Å²) in [5.74, 6) is 0.464. The van der Waals surface area contributed by atoms with Crippen LogP contribution >= 0.6 is 0 Å². The molecule has 35 heavy (non-hydrogen) atoms. The fourth-order valence-corrected chi connectivity index (χ4v) is 3.42. The Kier molecular flexibility index (Phi) is 7.80. The van der Waals surface area contributed by atoms with E-state index >= 15 is 0 Å². The Morgan fingerprint density at radius 1 is 0.914 bits per heavy atom. The monoisotopic (exact) mass is 474 g/mol. The summed E-state index contributed by atoms with van der Waals surface area (Å²) in [7, 11) is 0. The van der Waals surface area contributed by atoms with E-state index in [-0.39, 0.29) is 17.8 Å². The van der Waals surface area contributed by atoms with Crippen LogP contribution in [0.4, 0.5) is 0 Å². The second kappa shape index (κ2) is 11.4. The van der Waals surface area contributed by atoms with Crippen LogP contribution in [-0.2, 0) is 14.3 Å². The lowest BCUT2D eigenvalue weighted by Gasteiger charge is -2.14. The lowest BCUT2D eigenvalue weighted by molar-refractivity contribution is -0.152. The molecule has 1 atom stereocenters. The van der Waals surface area contributed by atoms with E-state index in [1.807, 2.05) is 49.4 Å². The Morgan fingerprint density at radius 2 is 1.63 bits per heavy atom. The third kappa shape index (κ3) is 6.07. The number of carbonyl (C=O) groups excluding carboxylic acids is 1. The number of benzene rings is 3. The Balaban J connectivity index is 1.43. The highest BCUT2D eigenvalue weighted by molar-refractivity contribution is 5.79. The van der Waals surface area contributed by atoms with Gasteiger partial charge < -0.3 is 23.4 Å². The summed E-state index contributed by atoms with van der Waals surface area (Å²) >= 11 is 0. The van der Waals surface area contributed by atoms with Crippen molar-refractivity contribution in [2.45, 2.75) is 20.0 Å². The molecule has 0 saturated heterocycles. The van der Waals surface area contributed by atoms with Crippen LogP contribution in [0.3, 0.4) is 0 Å². The van der Waals surface area contributed by atoms with Crippen LogP contribution in [0.1, 0.15) is 13.8 Å². The molecule has 0 aliphatic rings. The number of rotatable bonds is 10. The first-order valence-corrected chi connectivity index (χ1v) is 11.3. The van der Waals surface area contributed by atoms with E-state index in [4.69, 9.17) is 23.4 Å². The summed E-state index contributed by atoms with van der Waals surface area (Å²) in [5.41, 5.74) is 2.14. The molecule has 0 fully saturated rings. The Bertz CT molecular complexity index is 1330. The van der Waals surface area contributed by atoms with Gasteiger partial charge in [0, 0.05) is 12.7 Å². The molecule has 0 aliphatic carbocycles. The highest BCUT2D eigenvalue weighted by atomic mass is 16.6. The van der Waals surface area contributed by atoms with Gasteiger partial charge >= 0.3 is 5.97 Å². The van der Waals surface area contributed by atoms with Gasteiger partial charge in [0.05, 0.1) is 12.0 Å². The molecule has 0 N–H and O–H groups in total. The minimum atomic E-state index is -0.831. The van der Waals surface area contributed by atoms with Crippen LogP contribution in [-0.4, -0.2) is 31.9 Å². The largest absolute Gasteiger partial charge is 0.479 e. The molecule has 4 rings (SSSR count). The smallest absolute Gasteiger partial charge is 0.347 e. The topological polar surface area (TPSA) is 84.2 Å².